The molecule has 12 heteroatoms. The molecule has 0 heterocycles. The van der Waals surface area contributed by atoms with E-state index in [1.807, 2.05) is 0 Å². The van der Waals surface area contributed by atoms with E-state index >= 15 is 0 Å². The van der Waals surface area contributed by atoms with Gasteiger partial charge in [-0.3, -0.25) is 0 Å². The van der Waals surface area contributed by atoms with Gasteiger partial charge in [0, 0.05) is 19.1 Å². The predicted octanol–water partition coefficient (Wildman–Crippen LogP) is 9.62. The van der Waals surface area contributed by atoms with Gasteiger partial charge in [-0.25, -0.2) is 22.0 Å². The van der Waals surface area contributed by atoms with E-state index in [1.165, 1.54) is 12.1 Å². The van der Waals surface area contributed by atoms with E-state index in [2.05, 4.69) is 16.4 Å². The van der Waals surface area contributed by atoms with E-state index in [-0.39, 0.29) is 25.0 Å². The van der Waals surface area contributed by atoms with Crippen LogP contribution < -0.4 is 9.47 Å². The summed E-state index contributed by atoms with van der Waals surface area (Å²) >= 11 is 0. The number of hydrogen-bond donors (Lipinski definition) is 0. The first kappa shape index (κ1) is 28.6. The van der Waals surface area contributed by atoms with Crippen molar-refractivity contribution in [3.05, 3.63) is 82.7 Å². The first-order valence-electron chi connectivity index (χ1n) is 11.8. The Kier molecular flexibility index (Phi) is 7.77. The van der Waals surface area contributed by atoms with Crippen LogP contribution in [0.5, 0.6) is 11.5 Å². The Morgan fingerprint density at radius 3 is 1.77 bits per heavy atom. The number of benzene rings is 3. The quantitative estimate of drug-likeness (QED) is 0.276. The topological polar surface area (TPSA) is 18.5 Å². The molecular formula is C27H22F10O2. The predicted molar refractivity (Wildman–Crippen MR) is 122 cm³/mol. The summed E-state index contributed by atoms with van der Waals surface area (Å²) in [5.41, 5.74) is -1.89. The summed E-state index contributed by atoms with van der Waals surface area (Å²) in [6.07, 6.45) is -6.69. The Bertz CT molecular complexity index is 1320. The number of hydrogen-bond acceptors (Lipinski definition) is 2. The van der Waals surface area contributed by atoms with Gasteiger partial charge in [0.05, 0.1) is 0 Å². The molecule has 0 bridgehead atoms. The third-order valence-corrected chi connectivity index (χ3v) is 6.56. The molecule has 2 nitrogen and oxygen atoms in total. The molecule has 0 N–H and O–H groups in total. The van der Waals surface area contributed by atoms with Gasteiger partial charge < -0.3 is 9.47 Å². The minimum atomic E-state index is -5.49. The lowest BCUT2D eigenvalue weighted by Crippen LogP contribution is -2.25. The molecule has 0 aromatic heterocycles. The van der Waals surface area contributed by atoms with Gasteiger partial charge in [-0.05, 0) is 54.0 Å². The third-order valence-electron chi connectivity index (χ3n) is 6.56. The van der Waals surface area contributed by atoms with Crippen molar-refractivity contribution in [3.63, 3.8) is 0 Å². The molecule has 0 amide bonds. The monoisotopic (exact) mass is 568 g/mol. The molecule has 0 saturated heterocycles. The zero-order valence-corrected chi connectivity index (χ0v) is 20.1. The molecule has 212 valence electrons. The van der Waals surface area contributed by atoms with Gasteiger partial charge in [-0.15, -0.1) is 13.2 Å². The van der Waals surface area contributed by atoms with Crippen molar-refractivity contribution in [3.8, 4) is 22.6 Å². The lowest BCUT2D eigenvalue weighted by molar-refractivity contribution is -0.276. The molecule has 3 aromatic carbocycles. The van der Waals surface area contributed by atoms with Crippen LogP contribution in [0.3, 0.4) is 0 Å². The summed E-state index contributed by atoms with van der Waals surface area (Å²) in [4.78, 5) is 0. The van der Waals surface area contributed by atoms with Crippen molar-refractivity contribution < 1.29 is 54.8 Å². The van der Waals surface area contributed by atoms with Crippen molar-refractivity contribution in [2.24, 2.45) is 5.92 Å². The fourth-order valence-electron chi connectivity index (χ4n) is 4.63. The number of alkyl halides is 5. The molecule has 1 aliphatic carbocycles. The smallest absolute Gasteiger partial charge is 0.429 e. The highest BCUT2D eigenvalue weighted by atomic mass is 19.4. The van der Waals surface area contributed by atoms with Crippen LogP contribution in [0.4, 0.5) is 43.9 Å². The third kappa shape index (κ3) is 6.42. The van der Waals surface area contributed by atoms with Gasteiger partial charge in [0.25, 0.3) is 0 Å². The van der Waals surface area contributed by atoms with Crippen molar-refractivity contribution in [1.29, 1.82) is 0 Å². The molecule has 1 fully saturated rings. The Morgan fingerprint density at radius 1 is 0.692 bits per heavy atom. The highest BCUT2D eigenvalue weighted by Gasteiger charge is 2.42. The van der Waals surface area contributed by atoms with Gasteiger partial charge in [0.2, 0.25) is 5.75 Å². The van der Waals surface area contributed by atoms with Crippen molar-refractivity contribution >= 4 is 0 Å². The van der Waals surface area contributed by atoms with Crippen LogP contribution in [0.25, 0.3) is 11.1 Å². The number of halogens is 10. The largest absolute Gasteiger partial charge is 0.573 e. The molecule has 0 aliphatic heterocycles. The summed E-state index contributed by atoms with van der Waals surface area (Å²) in [5.74, 6) is -11.3. The van der Waals surface area contributed by atoms with E-state index < -0.39 is 64.2 Å². The van der Waals surface area contributed by atoms with Crippen LogP contribution in [-0.4, -0.2) is 6.36 Å². The van der Waals surface area contributed by atoms with E-state index in [4.69, 9.17) is 0 Å². The van der Waals surface area contributed by atoms with Crippen molar-refractivity contribution in [2.75, 3.05) is 0 Å². The van der Waals surface area contributed by atoms with Crippen molar-refractivity contribution in [2.45, 2.75) is 51.0 Å². The molecule has 0 unspecified atom stereocenters. The summed E-state index contributed by atoms with van der Waals surface area (Å²) < 4.78 is 145. The zero-order valence-electron chi connectivity index (χ0n) is 20.1. The Hall–Kier alpha value is -3.44. The lowest BCUT2D eigenvalue weighted by atomic mass is 9.79. The van der Waals surface area contributed by atoms with Gasteiger partial charge in [-0.1, -0.05) is 31.9 Å². The average Bonchev–Trinajstić information content (AvgIpc) is 2.80. The molecule has 3 aromatic rings. The molecule has 0 atom stereocenters. The van der Waals surface area contributed by atoms with Gasteiger partial charge in [-0.2, -0.15) is 8.78 Å². The number of rotatable bonds is 6. The number of ether oxygens (including phenoxy) is 2. The summed E-state index contributed by atoms with van der Waals surface area (Å²) in [5, 5.41) is 0. The molecule has 4 rings (SSSR count). The summed E-state index contributed by atoms with van der Waals surface area (Å²) in [6.45, 7) is 2.13. The standard InChI is InChI=1S/C27H20F10O2.H2/c1-13-2-4-14(5-3-13)15-6-7-18(19(28)8-15)16-9-20(29)24(21(30)10-16)26(33,34)38-17-11-22(31)25(23(32)12-17)39-27(35,36)37;/h6-14H,2-5H2,1H3;1H. The van der Waals surface area contributed by atoms with Gasteiger partial charge in [0.15, 0.2) is 11.6 Å². The molecule has 0 spiro atoms. The van der Waals surface area contributed by atoms with E-state index in [0.717, 1.165) is 25.7 Å². The summed E-state index contributed by atoms with van der Waals surface area (Å²) in [6, 6.07) is 4.87. The first-order chi connectivity index (χ1) is 18.1. The van der Waals surface area contributed by atoms with Crippen LogP contribution in [0.15, 0.2) is 42.5 Å². The normalized spacial score (nSPS) is 18.2. The average molecular weight is 568 g/mol. The second kappa shape index (κ2) is 10.6. The SMILES string of the molecule is CC1CCC(c2ccc(-c3cc(F)c(C(F)(F)Oc4cc(F)c(OC(F)(F)F)c(F)c4)c(F)c3)c(F)c2)CC1.[HH]. The Balaban J connectivity index is 0.00000441. The first-order valence-corrected chi connectivity index (χ1v) is 11.8. The minimum Gasteiger partial charge on any atom is -0.429 e. The van der Waals surface area contributed by atoms with Crippen LogP contribution in [-0.2, 0) is 6.11 Å². The molecule has 1 aliphatic rings. The second-order valence-electron chi connectivity index (χ2n) is 9.39. The molecular weight excluding hydrogens is 546 g/mol. The fraction of sp³-hybridized carbons (Fsp3) is 0.333. The maximum absolute atomic E-state index is 14.9. The van der Waals surface area contributed by atoms with E-state index in [0.29, 0.717) is 23.6 Å². The van der Waals surface area contributed by atoms with E-state index in [9.17, 15) is 43.9 Å². The van der Waals surface area contributed by atoms with Crippen molar-refractivity contribution in [1.82, 2.24) is 0 Å². The highest BCUT2D eigenvalue weighted by Crippen LogP contribution is 2.41. The highest BCUT2D eigenvalue weighted by molar-refractivity contribution is 5.65. The Labute approximate surface area is 217 Å². The lowest BCUT2D eigenvalue weighted by Gasteiger charge is -2.26. The summed E-state index contributed by atoms with van der Waals surface area (Å²) in [7, 11) is 0. The molecule has 0 radical (unpaired) electrons. The zero-order chi connectivity index (χ0) is 28.7. The van der Waals surface area contributed by atoms with Crippen LogP contribution in [0.2, 0.25) is 0 Å². The second-order valence-corrected chi connectivity index (χ2v) is 9.39. The molecule has 39 heavy (non-hydrogen) atoms. The Morgan fingerprint density at radius 2 is 1.26 bits per heavy atom. The fourth-order valence-corrected chi connectivity index (χ4v) is 4.63. The van der Waals surface area contributed by atoms with Gasteiger partial charge >= 0.3 is 12.5 Å². The van der Waals surface area contributed by atoms with Crippen LogP contribution in [0.1, 0.15) is 51.1 Å². The van der Waals surface area contributed by atoms with E-state index in [1.54, 1.807) is 6.07 Å². The van der Waals surface area contributed by atoms with Crippen LogP contribution in [0, 0.1) is 35.0 Å². The minimum absolute atomic E-state index is 0. The van der Waals surface area contributed by atoms with Gasteiger partial charge in [0.1, 0.15) is 28.8 Å². The maximum Gasteiger partial charge on any atom is 0.573 e. The maximum atomic E-state index is 14.9. The van der Waals surface area contributed by atoms with Crippen LogP contribution >= 0.6 is 0 Å². The molecule has 1 saturated carbocycles.